The molecule has 1 aromatic carbocycles. The van der Waals surface area contributed by atoms with E-state index in [1.165, 1.54) is 24.3 Å². The molecule has 0 N–H and O–H groups in total. The van der Waals surface area contributed by atoms with Gasteiger partial charge in [-0.25, -0.2) is 0 Å². The first-order chi connectivity index (χ1) is 9.16. The van der Waals surface area contributed by atoms with E-state index in [9.17, 15) is 0 Å². The van der Waals surface area contributed by atoms with E-state index < -0.39 is 0 Å². The first-order valence-electron chi connectivity index (χ1n) is 6.37. The van der Waals surface area contributed by atoms with Gasteiger partial charge in [0, 0.05) is 28.4 Å². The number of halogens is 3. The van der Waals surface area contributed by atoms with Gasteiger partial charge in [0.2, 0.25) is 0 Å². The summed E-state index contributed by atoms with van der Waals surface area (Å²) in [6, 6.07) is 10.9. The van der Waals surface area contributed by atoms with Crippen LogP contribution in [0.25, 0.3) is 0 Å². The second-order valence-electron chi connectivity index (χ2n) is 5.01. The molecule has 1 aliphatic heterocycles. The zero-order chi connectivity index (χ0) is 13.4. The van der Waals surface area contributed by atoms with E-state index in [-0.39, 0.29) is 12.4 Å². The standard InChI is InChI=1S/C15H15Br2NS.ClH/c1-18-8-7-11-13(16)15(17)19-14(11)12(9-18)10-5-3-2-4-6-10;/h2-6,12H,7-9H2,1H3;1H. The molecular formula is C15H16Br2ClNS. The maximum Gasteiger partial charge on any atom is 0.0846 e. The number of hydrogen-bond acceptors (Lipinski definition) is 2. The van der Waals surface area contributed by atoms with Gasteiger partial charge in [0.05, 0.1) is 3.79 Å². The normalized spacial score (nSPS) is 19.1. The van der Waals surface area contributed by atoms with Crippen molar-refractivity contribution in [1.29, 1.82) is 0 Å². The zero-order valence-corrected chi connectivity index (χ0v) is 15.9. The van der Waals surface area contributed by atoms with Gasteiger partial charge in [-0.1, -0.05) is 30.3 Å². The van der Waals surface area contributed by atoms with Crippen molar-refractivity contribution in [3.8, 4) is 0 Å². The maximum atomic E-state index is 3.74. The molecule has 0 bridgehead atoms. The highest BCUT2D eigenvalue weighted by molar-refractivity contribution is 9.13. The van der Waals surface area contributed by atoms with E-state index in [0.717, 1.165) is 19.5 Å². The van der Waals surface area contributed by atoms with Crippen LogP contribution in [0.2, 0.25) is 0 Å². The van der Waals surface area contributed by atoms with E-state index >= 15 is 0 Å². The van der Waals surface area contributed by atoms with E-state index in [4.69, 9.17) is 0 Å². The summed E-state index contributed by atoms with van der Waals surface area (Å²) >= 11 is 9.29. The third kappa shape index (κ3) is 3.14. The molecule has 2 aromatic rings. The lowest BCUT2D eigenvalue weighted by atomic mass is 9.95. The van der Waals surface area contributed by atoms with E-state index in [1.807, 2.05) is 11.3 Å². The summed E-state index contributed by atoms with van der Waals surface area (Å²) in [6.07, 6.45) is 1.12. The molecule has 0 saturated carbocycles. The molecule has 0 saturated heterocycles. The Kier molecular flexibility index (Phi) is 5.71. The molecule has 0 radical (unpaired) electrons. The zero-order valence-electron chi connectivity index (χ0n) is 11.1. The van der Waals surface area contributed by atoms with Crippen molar-refractivity contribution in [1.82, 2.24) is 4.90 Å². The fraction of sp³-hybridized carbons (Fsp3) is 0.333. The maximum absolute atomic E-state index is 3.74. The van der Waals surface area contributed by atoms with Gasteiger partial charge in [-0.2, -0.15) is 0 Å². The van der Waals surface area contributed by atoms with Crippen molar-refractivity contribution in [2.24, 2.45) is 0 Å². The van der Waals surface area contributed by atoms with Crippen LogP contribution >= 0.6 is 55.6 Å². The van der Waals surface area contributed by atoms with Gasteiger partial charge in [-0.15, -0.1) is 23.7 Å². The minimum atomic E-state index is 0. The molecule has 20 heavy (non-hydrogen) atoms. The molecule has 5 heteroatoms. The third-order valence-electron chi connectivity index (χ3n) is 3.69. The average Bonchev–Trinajstić information content (AvgIpc) is 2.60. The van der Waals surface area contributed by atoms with Gasteiger partial charge < -0.3 is 4.90 Å². The van der Waals surface area contributed by atoms with Crippen LogP contribution in [0, 0.1) is 0 Å². The molecule has 0 aliphatic carbocycles. The largest absolute Gasteiger partial charge is 0.305 e. The second-order valence-corrected chi connectivity index (χ2v) is 8.17. The van der Waals surface area contributed by atoms with Crippen LogP contribution in [0.15, 0.2) is 38.6 Å². The summed E-state index contributed by atoms with van der Waals surface area (Å²) in [5, 5.41) is 0. The highest BCUT2D eigenvalue weighted by Gasteiger charge is 2.27. The van der Waals surface area contributed by atoms with Crippen molar-refractivity contribution >= 4 is 55.6 Å². The number of fused-ring (bicyclic) bond motifs is 1. The number of rotatable bonds is 1. The third-order valence-corrected chi connectivity index (χ3v) is 7.38. The van der Waals surface area contributed by atoms with Crippen LogP contribution in [0.4, 0.5) is 0 Å². The first-order valence-corrected chi connectivity index (χ1v) is 8.77. The highest BCUT2D eigenvalue weighted by Crippen LogP contribution is 2.44. The van der Waals surface area contributed by atoms with Gasteiger partial charge in [0.15, 0.2) is 0 Å². The molecule has 108 valence electrons. The molecule has 0 fully saturated rings. The lowest BCUT2D eigenvalue weighted by Crippen LogP contribution is -2.24. The van der Waals surface area contributed by atoms with Crippen molar-refractivity contribution < 1.29 is 0 Å². The minimum Gasteiger partial charge on any atom is -0.305 e. The van der Waals surface area contributed by atoms with E-state index in [0.29, 0.717) is 5.92 Å². The lowest BCUT2D eigenvalue weighted by molar-refractivity contribution is 0.338. The highest BCUT2D eigenvalue weighted by atomic mass is 79.9. The van der Waals surface area contributed by atoms with Crippen molar-refractivity contribution in [2.45, 2.75) is 12.3 Å². The fourth-order valence-electron chi connectivity index (χ4n) is 2.67. The quantitative estimate of drug-likeness (QED) is 0.584. The molecule has 1 aromatic heterocycles. The SMILES string of the molecule is CN1CCc2c(sc(Br)c2Br)C(c2ccccc2)C1.Cl. The molecule has 1 atom stereocenters. The Balaban J connectivity index is 0.00000147. The summed E-state index contributed by atoms with van der Waals surface area (Å²) in [5.74, 6) is 0.483. The second kappa shape index (κ2) is 6.93. The molecule has 1 unspecified atom stereocenters. The number of hydrogen-bond donors (Lipinski definition) is 0. The van der Waals surface area contributed by atoms with Crippen LogP contribution in [-0.2, 0) is 6.42 Å². The predicted molar refractivity (Wildman–Crippen MR) is 96.5 cm³/mol. The van der Waals surface area contributed by atoms with Gasteiger partial charge in [-0.3, -0.25) is 0 Å². The van der Waals surface area contributed by atoms with E-state index in [1.54, 1.807) is 0 Å². The summed E-state index contributed by atoms with van der Waals surface area (Å²) in [5.41, 5.74) is 2.90. The van der Waals surface area contributed by atoms with Crippen molar-refractivity contribution in [3.63, 3.8) is 0 Å². The molecule has 0 amide bonds. The van der Waals surface area contributed by atoms with Crippen molar-refractivity contribution in [3.05, 3.63) is 54.6 Å². The molecule has 1 nitrogen and oxygen atoms in total. The Labute approximate surface area is 147 Å². The van der Waals surface area contributed by atoms with Gasteiger partial charge in [0.25, 0.3) is 0 Å². The predicted octanol–water partition coefficient (Wildman–Crippen LogP) is 5.31. The Morgan fingerprint density at radius 1 is 1.20 bits per heavy atom. The molecule has 3 rings (SSSR count). The summed E-state index contributed by atoms with van der Waals surface area (Å²) in [4.78, 5) is 3.94. The van der Waals surface area contributed by atoms with Crippen LogP contribution in [0.1, 0.15) is 21.9 Å². The minimum absolute atomic E-state index is 0. The molecule has 1 aliphatic rings. The van der Waals surface area contributed by atoms with Gasteiger partial charge in [0.1, 0.15) is 0 Å². The summed E-state index contributed by atoms with van der Waals surface area (Å²) in [6.45, 7) is 2.22. The fourth-order valence-corrected chi connectivity index (χ4v) is 5.31. The monoisotopic (exact) mass is 435 g/mol. The van der Waals surface area contributed by atoms with Crippen LogP contribution < -0.4 is 0 Å². The number of nitrogens with zero attached hydrogens (tertiary/aromatic N) is 1. The number of benzene rings is 1. The summed E-state index contributed by atoms with van der Waals surface area (Å²) < 4.78 is 2.48. The van der Waals surface area contributed by atoms with Crippen LogP contribution in [0.3, 0.4) is 0 Å². The smallest absolute Gasteiger partial charge is 0.0846 e. The molecule has 0 spiro atoms. The Morgan fingerprint density at radius 2 is 1.90 bits per heavy atom. The van der Waals surface area contributed by atoms with Gasteiger partial charge >= 0.3 is 0 Å². The van der Waals surface area contributed by atoms with Crippen molar-refractivity contribution in [2.75, 3.05) is 20.1 Å². The van der Waals surface area contributed by atoms with Crippen LogP contribution in [0.5, 0.6) is 0 Å². The lowest BCUT2D eigenvalue weighted by Gasteiger charge is -2.20. The van der Waals surface area contributed by atoms with Gasteiger partial charge in [-0.05, 0) is 56.5 Å². The summed E-state index contributed by atoms with van der Waals surface area (Å²) in [7, 11) is 2.22. The van der Waals surface area contributed by atoms with Crippen LogP contribution in [-0.4, -0.2) is 25.0 Å². The Hall–Kier alpha value is 0.130. The Bertz CT molecular complexity index is 585. The molecule has 2 heterocycles. The first kappa shape index (κ1) is 16.5. The molecular weight excluding hydrogens is 422 g/mol. The Morgan fingerprint density at radius 3 is 2.60 bits per heavy atom. The number of thiophene rings is 1. The topological polar surface area (TPSA) is 3.24 Å². The average molecular weight is 438 g/mol. The number of likely N-dealkylation sites (N-methyl/N-ethyl adjacent to an activating group) is 1. The van der Waals surface area contributed by atoms with E-state index in [2.05, 4.69) is 74.1 Å².